The highest BCUT2D eigenvalue weighted by Gasteiger charge is 2.27. The molecular formula is C20H18F2N4O2. The second-order valence-corrected chi connectivity index (χ2v) is 6.68. The van der Waals surface area contributed by atoms with Crippen LogP contribution in [0.5, 0.6) is 11.6 Å². The maximum Gasteiger partial charge on any atom is 0.255 e. The summed E-state index contributed by atoms with van der Waals surface area (Å²) in [5.41, 5.74) is 1.21. The summed E-state index contributed by atoms with van der Waals surface area (Å²) in [6.07, 6.45) is 2.99. The highest BCUT2D eigenvalue weighted by atomic mass is 19.1. The number of benzene rings is 1. The topological polar surface area (TPSA) is 71.1 Å². The van der Waals surface area contributed by atoms with E-state index in [9.17, 15) is 13.6 Å². The number of pyridine rings is 1. The zero-order valence-corrected chi connectivity index (χ0v) is 14.9. The predicted octanol–water partition coefficient (Wildman–Crippen LogP) is 3.90. The minimum atomic E-state index is -0.614. The number of carbonyl (C=O) groups is 1. The van der Waals surface area contributed by atoms with Gasteiger partial charge in [0.1, 0.15) is 11.6 Å². The fraction of sp³-hybridized carbons (Fsp3) is 0.250. The lowest BCUT2D eigenvalue weighted by atomic mass is 9.94. The molecule has 1 atom stereocenters. The van der Waals surface area contributed by atoms with Gasteiger partial charge in [-0.15, -0.1) is 5.10 Å². The number of halogens is 2. The molecule has 0 aliphatic carbocycles. The van der Waals surface area contributed by atoms with Crippen LogP contribution in [-0.2, 0) is 0 Å². The number of rotatable bonds is 4. The zero-order chi connectivity index (χ0) is 19.5. The van der Waals surface area contributed by atoms with Gasteiger partial charge in [-0.2, -0.15) is 4.39 Å². The molecule has 1 fully saturated rings. The first-order valence-corrected chi connectivity index (χ1v) is 8.98. The number of H-pyrrole nitrogens is 1. The van der Waals surface area contributed by atoms with Crippen LogP contribution in [0.25, 0.3) is 0 Å². The largest absolute Gasteiger partial charge is 0.437 e. The van der Waals surface area contributed by atoms with Gasteiger partial charge in [0.25, 0.3) is 5.91 Å². The number of ether oxygens (including phenoxy) is 1. The van der Waals surface area contributed by atoms with E-state index in [0.29, 0.717) is 30.3 Å². The molecule has 0 bridgehead atoms. The second-order valence-electron chi connectivity index (χ2n) is 6.68. The number of hydrogen-bond donors (Lipinski definition) is 1. The van der Waals surface area contributed by atoms with Crippen molar-refractivity contribution in [2.75, 3.05) is 13.1 Å². The molecule has 2 aromatic heterocycles. The van der Waals surface area contributed by atoms with Crippen LogP contribution >= 0.6 is 0 Å². The molecule has 4 rings (SSSR count). The average molecular weight is 384 g/mol. The molecule has 3 aromatic rings. The molecule has 1 amide bonds. The summed E-state index contributed by atoms with van der Waals surface area (Å²) in [4.78, 5) is 17.9. The molecule has 1 N–H and O–H groups in total. The summed E-state index contributed by atoms with van der Waals surface area (Å²) >= 11 is 0. The molecule has 0 spiro atoms. The standard InChI is InChI=1S/C20H18F2N4O2/c21-15-4-1-5-16(9-15)28-19-10-17(24-25-19)14-3-2-8-26(12-14)20(27)13-6-7-18(22)23-11-13/h1,4-7,9-11,14H,2-3,8,12H2,(H,24,25)/t14-/m0/s1. The van der Waals surface area contributed by atoms with Gasteiger partial charge in [0.05, 0.1) is 5.56 Å². The second kappa shape index (κ2) is 7.75. The van der Waals surface area contributed by atoms with Crippen molar-refractivity contribution in [3.63, 3.8) is 0 Å². The third-order valence-corrected chi connectivity index (χ3v) is 4.72. The highest BCUT2D eigenvalue weighted by Crippen LogP contribution is 2.29. The Morgan fingerprint density at radius 1 is 1.21 bits per heavy atom. The van der Waals surface area contributed by atoms with Crippen LogP contribution in [-0.4, -0.2) is 39.1 Å². The van der Waals surface area contributed by atoms with Crippen molar-refractivity contribution in [1.29, 1.82) is 0 Å². The van der Waals surface area contributed by atoms with Gasteiger partial charge >= 0.3 is 0 Å². The fourth-order valence-corrected chi connectivity index (χ4v) is 3.33. The Balaban J connectivity index is 1.44. The third kappa shape index (κ3) is 4.00. The Morgan fingerprint density at radius 2 is 2.11 bits per heavy atom. The summed E-state index contributed by atoms with van der Waals surface area (Å²) in [6.45, 7) is 1.14. The molecule has 0 saturated carbocycles. The van der Waals surface area contributed by atoms with Crippen molar-refractivity contribution in [2.45, 2.75) is 18.8 Å². The SMILES string of the molecule is O=C(c1ccc(F)nc1)N1CCC[C@H](c2cc(Oc3cccc(F)c3)n[nH]2)C1. The number of hydrogen-bond acceptors (Lipinski definition) is 4. The van der Waals surface area contributed by atoms with Gasteiger partial charge < -0.3 is 9.64 Å². The van der Waals surface area contributed by atoms with E-state index in [-0.39, 0.29) is 17.6 Å². The fourth-order valence-electron chi connectivity index (χ4n) is 3.33. The van der Waals surface area contributed by atoms with Gasteiger partial charge in [-0.3, -0.25) is 9.89 Å². The van der Waals surface area contributed by atoms with Gasteiger partial charge in [0.2, 0.25) is 11.8 Å². The van der Waals surface area contributed by atoms with E-state index in [0.717, 1.165) is 18.5 Å². The van der Waals surface area contributed by atoms with Gasteiger partial charge in [-0.1, -0.05) is 6.07 Å². The van der Waals surface area contributed by atoms with Crippen molar-refractivity contribution in [3.05, 3.63) is 71.7 Å². The number of aromatic nitrogens is 3. The van der Waals surface area contributed by atoms with E-state index < -0.39 is 5.95 Å². The Bertz CT molecular complexity index is 974. The van der Waals surface area contributed by atoms with E-state index in [1.54, 1.807) is 23.1 Å². The van der Waals surface area contributed by atoms with Crippen LogP contribution in [0.15, 0.2) is 48.7 Å². The molecule has 0 unspecified atom stereocenters. The normalized spacial score (nSPS) is 16.8. The van der Waals surface area contributed by atoms with Gasteiger partial charge in [-0.25, -0.2) is 9.37 Å². The predicted molar refractivity (Wildman–Crippen MR) is 97.1 cm³/mol. The minimum absolute atomic E-state index is 0.0727. The highest BCUT2D eigenvalue weighted by molar-refractivity contribution is 5.94. The van der Waals surface area contributed by atoms with E-state index >= 15 is 0 Å². The van der Waals surface area contributed by atoms with Gasteiger partial charge in [0.15, 0.2) is 0 Å². The lowest BCUT2D eigenvalue weighted by molar-refractivity contribution is 0.0705. The van der Waals surface area contributed by atoms with Crippen molar-refractivity contribution in [1.82, 2.24) is 20.1 Å². The van der Waals surface area contributed by atoms with E-state index in [1.807, 2.05) is 0 Å². The molecule has 0 radical (unpaired) electrons. The first-order valence-electron chi connectivity index (χ1n) is 8.98. The van der Waals surface area contributed by atoms with Crippen LogP contribution in [0.2, 0.25) is 0 Å². The molecular weight excluding hydrogens is 366 g/mol. The number of piperidine rings is 1. The van der Waals surface area contributed by atoms with Crippen LogP contribution in [0.4, 0.5) is 8.78 Å². The smallest absolute Gasteiger partial charge is 0.255 e. The molecule has 6 nitrogen and oxygen atoms in total. The molecule has 8 heteroatoms. The summed E-state index contributed by atoms with van der Waals surface area (Å²) in [5.74, 6) is -0.396. The quantitative estimate of drug-likeness (QED) is 0.693. The van der Waals surface area contributed by atoms with E-state index in [2.05, 4.69) is 15.2 Å². The number of likely N-dealkylation sites (tertiary alicyclic amines) is 1. The van der Waals surface area contributed by atoms with Crippen LogP contribution in [0.3, 0.4) is 0 Å². The molecule has 1 saturated heterocycles. The Hall–Kier alpha value is -3.29. The molecule has 144 valence electrons. The van der Waals surface area contributed by atoms with Crippen LogP contribution < -0.4 is 4.74 Å². The van der Waals surface area contributed by atoms with Gasteiger partial charge in [-0.05, 0) is 37.1 Å². The van der Waals surface area contributed by atoms with Crippen molar-refractivity contribution in [2.24, 2.45) is 0 Å². The number of aromatic amines is 1. The number of nitrogens with zero attached hydrogens (tertiary/aromatic N) is 3. The summed E-state index contributed by atoms with van der Waals surface area (Å²) in [6, 6.07) is 10.2. The first kappa shape index (κ1) is 18.1. The number of nitrogens with one attached hydrogen (secondary N) is 1. The molecule has 1 aromatic carbocycles. The van der Waals surface area contributed by atoms with Crippen LogP contribution in [0, 0.1) is 11.8 Å². The lowest BCUT2D eigenvalue weighted by Gasteiger charge is -2.32. The third-order valence-electron chi connectivity index (χ3n) is 4.72. The first-order chi connectivity index (χ1) is 13.6. The molecule has 28 heavy (non-hydrogen) atoms. The lowest BCUT2D eigenvalue weighted by Crippen LogP contribution is -2.39. The Kier molecular flexibility index (Phi) is 5.01. The maximum atomic E-state index is 13.3. The van der Waals surface area contributed by atoms with E-state index in [1.165, 1.54) is 30.5 Å². The minimum Gasteiger partial charge on any atom is -0.437 e. The van der Waals surface area contributed by atoms with Crippen LogP contribution in [0.1, 0.15) is 34.8 Å². The zero-order valence-electron chi connectivity index (χ0n) is 14.9. The Morgan fingerprint density at radius 3 is 2.89 bits per heavy atom. The average Bonchev–Trinajstić information content (AvgIpc) is 3.17. The summed E-state index contributed by atoms with van der Waals surface area (Å²) in [5, 5.41) is 7.08. The van der Waals surface area contributed by atoms with Crippen molar-refractivity contribution < 1.29 is 18.3 Å². The van der Waals surface area contributed by atoms with Crippen molar-refractivity contribution in [3.8, 4) is 11.6 Å². The molecule has 3 heterocycles. The Labute approximate surface area is 160 Å². The monoisotopic (exact) mass is 384 g/mol. The molecule has 1 aliphatic rings. The maximum absolute atomic E-state index is 13.3. The van der Waals surface area contributed by atoms with E-state index in [4.69, 9.17) is 4.74 Å². The molecule has 1 aliphatic heterocycles. The van der Waals surface area contributed by atoms with Crippen molar-refractivity contribution >= 4 is 5.91 Å². The summed E-state index contributed by atoms with van der Waals surface area (Å²) in [7, 11) is 0. The van der Waals surface area contributed by atoms with Gasteiger partial charge in [0, 0.05) is 43.0 Å². The summed E-state index contributed by atoms with van der Waals surface area (Å²) < 4.78 is 31.8. The number of carbonyl (C=O) groups excluding carboxylic acids is 1. The number of amides is 1.